The van der Waals surface area contributed by atoms with Gasteiger partial charge in [-0.25, -0.2) is 0 Å². The highest BCUT2D eigenvalue weighted by Crippen LogP contribution is 2.39. The van der Waals surface area contributed by atoms with Gasteiger partial charge in [0, 0.05) is 0 Å². The molecule has 0 bridgehead atoms. The van der Waals surface area contributed by atoms with Crippen LogP contribution in [0.3, 0.4) is 0 Å². The molecule has 0 aromatic carbocycles. The molecule has 2 nitrogen and oxygen atoms in total. The predicted molar refractivity (Wildman–Crippen MR) is 31.4 cm³/mol. The lowest BCUT2D eigenvalue weighted by Gasteiger charge is -1.97. The molecule has 1 aliphatic heterocycles. The van der Waals surface area contributed by atoms with E-state index in [1.165, 1.54) is 19.1 Å². The van der Waals surface area contributed by atoms with Gasteiger partial charge in [0.1, 0.15) is 0 Å². The Kier molecular flexibility index (Phi) is 0.891. The summed E-state index contributed by atoms with van der Waals surface area (Å²) in [5, 5.41) is 0. The minimum Gasteiger partial charge on any atom is -0.434 e. The lowest BCUT2D eigenvalue weighted by Crippen LogP contribution is -2.09. The van der Waals surface area contributed by atoms with Gasteiger partial charge in [0.25, 0.3) is 0 Å². The van der Waals surface area contributed by atoms with Crippen molar-refractivity contribution >= 4 is 5.97 Å². The van der Waals surface area contributed by atoms with E-state index in [0.717, 1.165) is 0 Å². The summed E-state index contributed by atoms with van der Waals surface area (Å²) in [4.78, 5) is 10.8. The number of carbonyl (C=O) groups is 1. The number of esters is 1. The smallest absolute Gasteiger partial charge is 0.317 e. The highest BCUT2D eigenvalue weighted by atomic mass is 16.5. The molecule has 0 aromatic heterocycles. The van der Waals surface area contributed by atoms with E-state index < -0.39 is 0 Å². The van der Waals surface area contributed by atoms with Crippen molar-refractivity contribution in [2.45, 2.75) is 12.8 Å². The fraction of sp³-hybridized carbons (Fsp3) is 0.571. The Morgan fingerprint density at radius 3 is 2.78 bits per heavy atom. The molecule has 1 atom stereocenters. The molecular weight excluding hydrogens is 116 g/mol. The number of hydrogen-bond acceptors (Lipinski definition) is 2. The predicted octanol–water partition coefficient (Wildman–Crippen LogP) is 1.08. The van der Waals surface area contributed by atoms with Crippen molar-refractivity contribution in [1.29, 1.82) is 0 Å². The van der Waals surface area contributed by atoms with Crippen LogP contribution in [0.25, 0.3) is 0 Å². The maximum atomic E-state index is 10.8. The van der Waals surface area contributed by atoms with Crippen LogP contribution in [-0.4, -0.2) is 5.97 Å². The highest BCUT2D eigenvalue weighted by molar-refractivity contribution is 5.77. The van der Waals surface area contributed by atoms with Crippen molar-refractivity contribution in [3.63, 3.8) is 0 Å². The van der Waals surface area contributed by atoms with Crippen LogP contribution in [0, 0.1) is 11.8 Å². The van der Waals surface area contributed by atoms with Gasteiger partial charge >= 0.3 is 5.97 Å². The maximum absolute atomic E-state index is 10.8. The molecule has 0 radical (unpaired) electrons. The number of cyclic esters (lactones) is 1. The lowest BCUT2D eigenvalue weighted by molar-refractivity contribution is -0.139. The largest absolute Gasteiger partial charge is 0.434 e. The van der Waals surface area contributed by atoms with E-state index in [-0.39, 0.29) is 11.9 Å². The molecule has 2 rings (SSSR count). The lowest BCUT2D eigenvalue weighted by atomic mass is 10.1. The van der Waals surface area contributed by atoms with Gasteiger partial charge in [0.15, 0.2) is 0 Å². The van der Waals surface area contributed by atoms with E-state index in [1.54, 1.807) is 0 Å². The first-order valence-corrected chi connectivity index (χ1v) is 3.25. The second-order valence-electron chi connectivity index (χ2n) is 2.63. The van der Waals surface area contributed by atoms with Crippen LogP contribution < -0.4 is 0 Å². The van der Waals surface area contributed by atoms with Crippen molar-refractivity contribution in [2.75, 3.05) is 0 Å². The van der Waals surface area contributed by atoms with Gasteiger partial charge in [-0.05, 0) is 24.8 Å². The summed E-state index contributed by atoms with van der Waals surface area (Å²) in [6.45, 7) is 0. The maximum Gasteiger partial charge on any atom is 0.317 e. The van der Waals surface area contributed by atoms with Crippen LogP contribution in [-0.2, 0) is 9.53 Å². The molecule has 0 saturated heterocycles. The summed E-state index contributed by atoms with van der Waals surface area (Å²) < 4.78 is 4.65. The minimum absolute atomic E-state index is 0.0579. The second-order valence-corrected chi connectivity index (χ2v) is 2.63. The Morgan fingerprint density at radius 2 is 2.33 bits per heavy atom. The second kappa shape index (κ2) is 1.59. The number of rotatable bonds is 1. The first kappa shape index (κ1) is 5.03. The quantitative estimate of drug-likeness (QED) is 0.489. The van der Waals surface area contributed by atoms with Crippen molar-refractivity contribution in [1.82, 2.24) is 0 Å². The van der Waals surface area contributed by atoms with E-state index in [4.69, 9.17) is 0 Å². The van der Waals surface area contributed by atoms with E-state index in [1.807, 2.05) is 6.08 Å². The van der Waals surface area contributed by atoms with Crippen LogP contribution in [0.5, 0.6) is 0 Å². The molecular formula is C7H8O2. The van der Waals surface area contributed by atoms with E-state index in [9.17, 15) is 4.79 Å². The van der Waals surface area contributed by atoms with E-state index in [0.29, 0.717) is 5.92 Å². The van der Waals surface area contributed by atoms with Crippen LogP contribution in [0.2, 0.25) is 0 Å². The van der Waals surface area contributed by atoms with Gasteiger partial charge in [-0.1, -0.05) is 0 Å². The van der Waals surface area contributed by atoms with Crippen molar-refractivity contribution < 1.29 is 9.53 Å². The SMILES string of the molecule is O=C1OC=CC1C1CC1. The Labute approximate surface area is 53.5 Å². The summed E-state index contributed by atoms with van der Waals surface area (Å²) in [6.07, 6.45) is 5.76. The van der Waals surface area contributed by atoms with Gasteiger partial charge in [0.2, 0.25) is 0 Å². The topological polar surface area (TPSA) is 26.3 Å². The van der Waals surface area contributed by atoms with Crippen molar-refractivity contribution in [3.8, 4) is 0 Å². The van der Waals surface area contributed by atoms with Crippen LogP contribution in [0.1, 0.15) is 12.8 Å². The highest BCUT2D eigenvalue weighted by Gasteiger charge is 2.37. The zero-order chi connectivity index (χ0) is 6.27. The Bertz CT molecular complexity index is 168. The van der Waals surface area contributed by atoms with Gasteiger partial charge in [0.05, 0.1) is 12.2 Å². The molecule has 1 fully saturated rings. The zero-order valence-corrected chi connectivity index (χ0v) is 5.04. The normalized spacial score (nSPS) is 32.9. The molecule has 1 aliphatic carbocycles. The summed E-state index contributed by atoms with van der Waals surface area (Å²) in [6, 6.07) is 0. The summed E-state index contributed by atoms with van der Waals surface area (Å²) in [5.41, 5.74) is 0. The zero-order valence-electron chi connectivity index (χ0n) is 5.04. The number of ether oxygens (including phenoxy) is 1. The molecule has 48 valence electrons. The van der Waals surface area contributed by atoms with Crippen LogP contribution in [0.15, 0.2) is 12.3 Å². The molecule has 9 heavy (non-hydrogen) atoms. The monoisotopic (exact) mass is 124 g/mol. The fourth-order valence-electron chi connectivity index (χ4n) is 1.15. The van der Waals surface area contributed by atoms with E-state index in [2.05, 4.69) is 4.74 Å². The van der Waals surface area contributed by atoms with Crippen molar-refractivity contribution in [2.24, 2.45) is 11.8 Å². The van der Waals surface area contributed by atoms with E-state index >= 15 is 0 Å². The summed E-state index contributed by atoms with van der Waals surface area (Å²) in [7, 11) is 0. The third-order valence-electron chi connectivity index (χ3n) is 1.87. The summed E-state index contributed by atoms with van der Waals surface area (Å²) >= 11 is 0. The van der Waals surface area contributed by atoms with Crippen molar-refractivity contribution in [3.05, 3.63) is 12.3 Å². The van der Waals surface area contributed by atoms with Gasteiger partial charge in [-0.2, -0.15) is 0 Å². The Hall–Kier alpha value is -0.790. The third kappa shape index (κ3) is 0.745. The molecule has 2 heteroatoms. The third-order valence-corrected chi connectivity index (χ3v) is 1.87. The van der Waals surface area contributed by atoms with Crippen LogP contribution in [0.4, 0.5) is 0 Å². The molecule has 1 unspecified atom stereocenters. The Balaban J connectivity index is 2.09. The molecule has 0 N–H and O–H groups in total. The molecule has 0 aromatic rings. The molecule has 0 spiro atoms. The average Bonchev–Trinajstić information content (AvgIpc) is 2.58. The molecule has 1 saturated carbocycles. The molecule has 0 amide bonds. The van der Waals surface area contributed by atoms with Crippen LogP contribution >= 0.6 is 0 Å². The first-order valence-electron chi connectivity index (χ1n) is 3.25. The van der Waals surface area contributed by atoms with Gasteiger partial charge in [-0.15, -0.1) is 0 Å². The molecule has 2 aliphatic rings. The average molecular weight is 124 g/mol. The molecule has 1 heterocycles. The number of hydrogen-bond donors (Lipinski definition) is 0. The standard InChI is InChI=1S/C7H8O2/c8-7-6(3-4-9-7)5-1-2-5/h3-6H,1-2H2. The fourth-order valence-corrected chi connectivity index (χ4v) is 1.15. The Morgan fingerprint density at radius 1 is 1.56 bits per heavy atom. The summed E-state index contributed by atoms with van der Waals surface area (Å²) in [5.74, 6) is 0.652. The van der Waals surface area contributed by atoms with Gasteiger partial charge in [-0.3, -0.25) is 4.79 Å². The first-order chi connectivity index (χ1) is 4.38. The number of carbonyl (C=O) groups excluding carboxylic acids is 1. The minimum atomic E-state index is -0.0579. The van der Waals surface area contributed by atoms with Gasteiger partial charge < -0.3 is 4.74 Å².